The fourth-order valence-electron chi connectivity index (χ4n) is 2.89. The number of aliphatic hydroxyl groups is 1. The quantitative estimate of drug-likeness (QED) is 0.443. The van der Waals surface area contributed by atoms with Gasteiger partial charge in [-0.05, 0) is 38.7 Å². The van der Waals surface area contributed by atoms with Crippen molar-refractivity contribution in [2.75, 3.05) is 5.73 Å². The molecule has 1 aromatic rings. The predicted octanol–water partition coefficient (Wildman–Crippen LogP) is 2.47. The number of hydrogen-bond acceptors (Lipinski definition) is 6. The largest absolute Gasteiger partial charge is 0.474 e. The molecule has 8 nitrogen and oxygen atoms in total. The Bertz CT molecular complexity index is 845. The lowest BCUT2D eigenvalue weighted by molar-refractivity contribution is -0.254. The highest BCUT2D eigenvalue weighted by Crippen LogP contribution is 2.38. The van der Waals surface area contributed by atoms with Crippen LogP contribution in [0.5, 0.6) is 5.88 Å². The Labute approximate surface area is 172 Å². The van der Waals surface area contributed by atoms with E-state index >= 15 is 0 Å². The molecule has 0 aromatic carbocycles. The number of nitrogens with two attached hydrogens (primary N) is 1. The second kappa shape index (κ2) is 8.77. The van der Waals surface area contributed by atoms with Crippen LogP contribution in [0.25, 0.3) is 0 Å². The molecule has 2 rings (SSSR count). The Morgan fingerprint density at radius 1 is 1.16 bits per heavy atom. The number of fused-ring (bicyclic) bond motifs is 2. The minimum atomic E-state index is -5.34. The monoisotopic (exact) mass is 458 g/mol. The minimum absolute atomic E-state index is 0.123. The number of carbonyl (C=O) groups is 2. The van der Waals surface area contributed by atoms with Gasteiger partial charge >= 0.3 is 12.4 Å². The van der Waals surface area contributed by atoms with E-state index in [9.17, 15) is 41.0 Å². The molecule has 1 aliphatic heterocycles. The summed E-state index contributed by atoms with van der Waals surface area (Å²) >= 11 is 0. The highest BCUT2D eigenvalue weighted by molar-refractivity contribution is 5.99. The van der Waals surface area contributed by atoms with Gasteiger partial charge in [0.25, 0.3) is 11.8 Å². The van der Waals surface area contributed by atoms with E-state index in [4.69, 9.17) is 10.5 Å². The van der Waals surface area contributed by atoms with Crippen molar-refractivity contribution in [1.82, 2.24) is 15.8 Å². The first-order chi connectivity index (χ1) is 14.2. The fraction of sp³-hybridized carbons (Fsp3) is 0.588. The number of nitrogens with zero attached hydrogens (tertiary/aromatic N) is 1. The van der Waals surface area contributed by atoms with Crippen molar-refractivity contribution in [3.05, 3.63) is 17.3 Å². The van der Waals surface area contributed by atoms with Crippen LogP contribution in [0.3, 0.4) is 0 Å². The SMILES string of the molecule is C[C@@H]1CCCCC[C@](O)(C(F)(F)F)C(=O)NNC(=O)c2nc(c(C(F)(F)F)cc2N)O1. The molecule has 0 radical (unpaired) electrons. The van der Waals surface area contributed by atoms with E-state index in [1.165, 1.54) is 12.3 Å². The van der Waals surface area contributed by atoms with Crippen molar-refractivity contribution in [2.24, 2.45) is 0 Å². The Morgan fingerprint density at radius 3 is 2.39 bits per heavy atom. The number of ether oxygens (including phenoxy) is 1. The third-order valence-electron chi connectivity index (χ3n) is 4.63. The lowest BCUT2D eigenvalue weighted by atomic mass is 9.94. The van der Waals surface area contributed by atoms with Crippen LogP contribution in [0.4, 0.5) is 32.0 Å². The summed E-state index contributed by atoms with van der Waals surface area (Å²) < 4.78 is 85.0. The third-order valence-corrected chi connectivity index (χ3v) is 4.63. The highest BCUT2D eigenvalue weighted by atomic mass is 19.4. The summed E-state index contributed by atoms with van der Waals surface area (Å²) in [5, 5.41) is 9.92. The van der Waals surface area contributed by atoms with Gasteiger partial charge < -0.3 is 15.6 Å². The maximum Gasteiger partial charge on any atom is 0.426 e. The molecule has 0 aliphatic carbocycles. The molecule has 2 heterocycles. The van der Waals surface area contributed by atoms with Gasteiger partial charge in [0.15, 0.2) is 5.69 Å². The maximum absolute atomic E-state index is 13.3. The van der Waals surface area contributed by atoms with Gasteiger partial charge in [0.1, 0.15) is 5.56 Å². The van der Waals surface area contributed by atoms with Crippen LogP contribution in [0.15, 0.2) is 6.07 Å². The van der Waals surface area contributed by atoms with Gasteiger partial charge in [-0.3, -0.25) is 20.4 Å². The maximum atomic E-state index is 13.3. The normalized spacial score (nSPS) is 24.3. The minimum Gasteiger partial charge on any atom is -0.474 e. The zero-order chi connectivity index (χ0) is 23.6. The van der Waals surface area contributed by atoms with Crippen molar-refractivity contribution < 1.29 is 45.8 Å². The van der Waals surface area contributed by atoms with E-state index in [0.29, 0.717) is 6.07 Å². The van der Waals surface area contributed by atoms with Crippen LogP contribution in [0.2, 0.25) is 0 Å². The molecule has 1 aromatic heterocycles. The van der Waals surface area contributed by atoms with Crippen molar-refractivity contribution >= 4 is 17.5 Å². The number of nitrogens with one attached hydrogen (secondary N) is 2. The number of aromatic nitrogens is 1. The number of hydrogen-bond donors (Lipinski definition) is 4. The van der Waals surface area contributed by atoms with Crippen molar-refractivity contribution in [2.45, 2.75) is 63.1 Å². The van der Waals surface area contributed by atoms with Crippen LogP contribution in [0, 0.1) is 0 Å². The summed E-state index contributed by atoms with van der Waals surface area (Å²) in [6, 6.07) is 0.399. The smallest absolute Gasteiger partial charge is 0.426 e. The Morgan fingerprint density at radius 2 is 1.81 bits per heavy atom. The number of nitrogen functional groups attached to an aromatic ring is 1. The molecule has 2 bridgehead atoms. The van der Waals surface area contributed by atoms with E-state index in [0.717, 1.165) is 0 Å². The average molecular weight is 458 g/mol. The second-order valence-corrected chi connectivity index (χ2v) is 7.07. The molecule has 1 aliphatic rings. The number of pyridine rings is 1. The van der Waals surface area contributed by atoms with Crippen LogP contribution >= 0.6 is 0 Å². The summed E-state index contributed by atoms with van der Waals surface area (Å²) in [5.74, 6) is -4.30. The van der Waals surface area contributed by atoms with Crippen LogP contribution < -0.4 is 21.3 Å². The van der Waals surface area contributed by atoms with E-state index in [-0.39, 0.29) is 25.7 Å². The number of amides is 2. The number of anilines is 1. The van der Waals surface area contributed by atoms with E-state index < -0.39 is 65.1 Å². The molecule has 0 spiro atoms. The molecule has 0 unspecified atom stereocenters. The van der Waals surface area contributed by atoms with Crippen LogP contribution in [-0.4, -0.2) is 39.8 Å². The summed E-state index contributed by atoms with van der Waals surface area (Å²) in [6.07, 6.45) is -11.8. The molecule has 2 amide bonds. The Hall–Kier alpha value is -2.77. The standard InChI is InChI=1S/C17H20F6N4O4/c1-8-5-3-2-4-6-15(30,17(21,22)23)14(29)27-26-12(28)11-10(24)7-9(16(18,19)20)13(25-11)31-8/h7-8,30H,2-6,24H2,1H3,(H,26,28)(H,27,29)/t8-,15-/m1/s1. The van der Waals surface area contributed by atoms with Gasteiger partial charge in [-0.25, -0.2) is 4.98 Å². The van der Waals surface area contributed by atoms with Gasteiger partial charge in [-0.15, -0.1) is 0 Å². The van der Waals surface area contributed by atoms with Crippen molar-refractivity contribution in [3.63, 3.8) is 0 Å². The first kappa shape index (κ1) is 24.5. The third kappa shape index (κ3) is 5.48. The van der Waals surface area contributed by atoms with E-state index in [1.807, 2.05) is 0 Å². The van der Waals surface area contributed by atoms with Gasteiger partial charge in [-0.1, -0.05) is 6.42 Å². The van der Waals surface area contributed by atoms with Gasteiger partial charge in [0.05, 0.1) is 11.8 Å². The predicted molar refractivity (Wildman–Crippen MR) is 93.4 cm³/mol. The topological polar surface area (TPSA) is 127 Å². The first-order valence-electron chi connectivity index (χ1n) is 9.11. The molecule has 174 valence electrons. The van der Waals surface area contributed by atoms with Crippen LogP contribution in [-0.2, 0) is 11.0 Å². The second-order valence-electron chi connectivity index (χ2n) is 7.07. The molecule has 2 atom stereocenters. The van der Waals surface area contributed by atoms with Gasteiger partial charge in [0, 0.05) is 0 Å². The summed E-state index contributed by atoms with van der Waals surface area (Å²) in [6.45, 7) is 1.42. The zero-order valence-corrected chi connectivity index (χ0v) is 16.2. The van der Waals surface area contributed by atoms with Crippen molar-refractivity contribution in [3.8, 4) is 5.88 Å². The van der Waals surface area contributed by atoms with E-state index in [1.54, 1.807) is 5.43 Å². The van der Waals surface area contributed by atoms with Crippen LogP contribution in [0.1, 0.15) is 55.1 Å². The fourth-order valence-corrected chi connectivity index (χ4v) is 2.89. The Kier molecular flexibility index (Phi) is 6.93. The Balaban J connectivity index is 2.45. The molecule has 14 heteroatoms. The summed E-state index contributed by atoms with van der Waals surface area (Å²) in [5.41, 5.74) is 1.75. The number of rotatable bonds is 0. The summed E-state index contributed by atoms with van der Waals surface area (Å²) in [4.78, 5) is 27.7. The molecule has 0 saturated carbocycles. The number of halogens is 6. The summed E-state index contributed by atoms with van der Waals surface area (Å²) in [7, 11) is 0. The molecule has 5 N–H and O–H groups in total. The molecular formula is C17H20F6N4O4. The molecular weight excluding hydrogens is 438 g/mol. The van der Waals surface area contributed by atoms with Crippen molar-refractivity contribution in [1.29, 1.82) is 0 Å². The van der Waals surface area contributed by atoms with E-state index in [2.05, 4.69) is 4.98 Å². The molecule has 31 heavy (non-hydrogen) atoms. The zero-order valence-electron chi connectivity index (χ0n) is 16.2. The molecule has 0 saturated heterocycles. The number of carbonyl (C=O) groups excluding carboxylic acids is 2. The highest BCUT2D eigenvalue weighted by Gasteiger charge is 2.59. The number of alkyl halides is 6. The lowest BCUT2D eigenvalue weighted by Crippen LogP contribution is -2.60. The van der Waals surface area contributed by atoms with Gasteiger partial charge in [-0.2, -0.15) is 26.3 Å². The average Bonchev–Trinajstić information content (AvgIpc) is 2.64. The molecule has 0 fully saturated rings. The first-order valence-corrected chi connectivity index (χ1v) is 9.11. The lowest BCUT2D eigenvalue weighted by Gasteiger charge is -2.29. The number of hydrazine groups is 1. The van der Waals surface area contributed by atoms with Gasteiger partial charge in [0.2, 0.25) is 11.5 Å².